The fourth-order valence-corrected chi connectivity index (χ4v) is 2.79. The van der Waals surface area contributed by atoms with Gasteiger partial charge < -0.3 is 15.4 Å². The molecule has 4 nitrogen and oxygen atoms in total. The van der Waals surface area contributed by atoms with E-state index in [0.717, 1.165) is 17.0 Å². The molecule has 1 heterocycles. The summed E-state index contributed by atoms with van der Waals surface area (Å²) in [6.07, 6.45) is 0. The molecule has 2 atom stereocenters. The Bertz CT molecular complexity index is 664. The highest BCUT2D eigenvalue weighted by Crippen LogP contribution is 2.38. The van der Waals surface area contributed by atoms with Crippen LogP contribution >= 0.6 is 0 Å². The van der Waals surface area contributed by atoms with Crippen LogP contribution in [0.4, 0.5) is 5.69 Å². The lowest BCUT2D eigenvalue weighted by Gasteiger charge is -2.45. The molecule has 1 aliphatic rings. The van der Waals surface area contributed by atoms with Crippen molar-refractivity contribution < 1.29 is 9.53 Å². The van der Waals surface area contributed by atoms with Crippen LogP contribution < -0.4 is 15.4 Å². The Kier molecular flexibility index (Phi) is 3.86. The topological polar surface area (TPSA) is 55.6 Å². The van der Waals surface area contributed by atoms with Crippen LogP contribution in [-0.2, 0) is 4.79 Å². The molecule has 2 N–H and O–H groups in total. The standard InChI is InChI=1S/C18H20N2O2/c1-3-22-15-10-8-14(9-11-15)20-17(16(19)18(20)21)13-6-4-12(2)5-7-13/h4-11,16-17H,3,19H2,1-2H3. The quantitative estimate of drug-likeness (QED) is 0.883. The van der Waals surface area contributed by atoms with Crippen molar-refractivity contribution in [2.75, 3.05) is 11.5 Å². The lowest BCUT2D eigenvalue weighted by molar-refractivity contribution is -0.126. The van der Waals surface area contributed by atoms with Crippen LogP contribution in [0.15, 0.2) is 48.5 Å². The number of benzene rings is 2. The highest BCUT2D eigenvalue weighted by Gasteiger charge is 2.46. The van der Waals surface area contributed by atoms with Gasteiger partial charge in [-0.25, -0.2) is 0 Å². The molecule has 22 heavy (non-hydrogen) atoms. The van der Waals surface area contributed by atoms with Gasteiger partial charge in [-0.2, -0.15) is 0 Å². The van der Waals surface area contributed by atoms with E-state index in [9.17, 15) is 4.79 Å². The van der Waals surface area contributed by atoms with E-state index in [4.69, 9.17) is 10.5 Å². The Morgan fingerprint density at radius 1 is 1.09 bits per heavy atom. The Morgan fingerprint density at radius 3 is 2.32 bits per heavy atom. The van der Waals surface area contributed by atoms with Crippen molar-refractivity contribution in [1.29, 1.82) is 0 Å². The second-order valence-corrected chi connectivity index (χ2v) is 5.52. The summed E-state index contributed by atoms with van der Waals surface area (Å²) in [5, 5.41) is 0. The van der Waals surface area contributed by atoms with Crippen molar-refractivity contribution in [1.82, 2.24) is 0 Å². The van der Waals surface area contributed by atoms with E-state index < -0.39 is 6.04 Å². The molecule has 0 saturated carbocycles. The predicted octanol–water partition coefficient (Wildman–Crippen LogP) is 2.81. The summed E-state index contributed by atoms with van der Waals surface area (Å²) in [6, 6.07) is 15.1. The van der Waals surface area contributed by atoms with E-state index >= 15 is 0 Å². The lowest BCUT2D eigenvalue weighted by Crippen LogP contribution is -2.63. The molecule has 3 rings (SSSR count). The number of hydrogen-bond donors (Lipinski definition) is 1. The summed E-state index contributed by atoms with van der Waals surface area (Å²) in [5.74, 6) is 0.755. The molecule has 0 bridgehead atoms. The Morgan fingerprint density at radius 2 is 1.73 bits per heavy atom. The van der Waals surface area contributed by atoms with Gasteiger partial charge in [0.1, 0.15) is 11.8 Å². The number of amides is 1. The van der Waals surface area contributed by atoms with Crippen LogP contribution in [0, 0.1) is 6.92 Å². The number of hydrogen-bond acceptors (Lipinski definition) is 3. The van der Waals surface area contributed by atoms with E-state index in [0.29, 0.717) is 6.61 Å². The van der Waals surface area contributed by atoms with E-state index in [-0.39, 0.29) is 11.9 Å². The second kappa shape index (κ2) is 5.81. The first kappa shape index (κ1) is 14.6. The third-order valence-electron chi connectivity index (χ3n) is 3.99. The number of rotatable bonds is 4. The number of aryl methyl sites for hydroxylation is 1. The Hall–Kier alpha value is -2.33. The van der Waals surface area contributed by atoms with E-state index in [1.807, 2.05) is 62.4 Å². The summed E-state index contributed by atoms with van der Waals surface area (Å²) in [7, 11) is 0. The number of nitrogens with two attached hydrogens (primary N) is 1. The van der Waals surface area contributed by atoms with Crippen LogP contribution in [-0.4, -0.2) is 18.6 Å². The van der Waals surface area contributed by atoms with E-state index in [1.165, 1.54) is 5.56 Å². The molecule has 4 heteroatoms. The highest BCUT2D eigenvalue weighted by molar-refractivity contribution is 6.05. The summed E-state index contributed by atoms with van der Waals surface area (Å²) in [6.45, 7) is 4.61. The molecule has 1 aliphatic heterocycles. The monoisotopic (exact) mass is 296 g/mol. The van der Waals surface area contributed by atoms with Crippen LogP contribution in [0.1, 0.15) is 24.1 Å². The summed E-state index contributed by atoms with van der Waals surface area (Å²) < 4.78 is 5.44. The molecular weight excluding hydrogens is 276 g/mol. The molecule has 0 aliphatic carbocycles. The Balaban J connectivity index is 1.87. The maximum absolute atomic E-state index is 12.2. The lowest BCUT2D eigenvalue weighted by atomic mass is 9.88. The molecule has 2 aromatic carbocycles. The van der Waals surface area contributed by atoms with Crippen LogP contribution in [0.25, 0.3) is 0 Å². The minimum Gasteiger partial charge on any atom is -0.494 e. The van der Waals surface area contributed by atoms with Gasteiger partial charge in [-0.15, -0.1) is 0 Å². The van der Waals surface area contributed by atoms with Crippen molar-refractivity contribution in [2.45, 2.75) is 25.9 Å². The smallest absolute Gasteiger partial charge is 0.247 e. The average molecular weight is 296 g/mol. The third-order valence-corrected chi connectivity index (χ3v) is 3.99. The first-order valence-corrected chi connectivity index (χ1v) is 7.50. The zero-order valence-corrected chi connectivity index (χ0v) is 12.8. The van der Waals surface area contributed by atoms with Gasteiger partial charge in [0.15, 0.2) is 0 Å². The van der Waals surface area contributed by atoms with Gasteiger partial charge in [0, 0.05) is 5.69 Å². The summed E-state index contributed by atoms with van der Waals surface area (Å²) >= 11 is 0. The third kappa shape index (κ3) is 2.46. The molecule has 0 aromatic heterocycles. The van der Waals surface area contributed by atoms with Gasteiger partial charge in [-0.1, -0.05) is 29.8 Å². The number of ether oxygens (including phenoxy) is 1. The molecule has 0 spiro atoms. The Labute approximate surface area is 130 Å². The molecule has 1 fully saturated rings. The number of carbonyl (C=O) groups is 1. The molecule has 0 radical (unpaired) electrons. The largest absolute Gasteiger partial charge is 0.494 e. The zero-order chi connectivity index (χ0) is 15.7. The first-order valence-electron chi connectivity index (χ1n) is 7.50. The minimum absolute atomic E-state index is 0.0465. The predicted molar refractivity (Wildman–Crippen MR) is 87.0 cm³/mol. The summed E-state index contributed by atoms with van der Waals surface area (Å²) in [5.41, 5.74) is 9.13. The van der Waals surface area contributed by atoms with Gasteiger partial charge in [0.2, 0.25) is 5.91 Å². The fourth-order valence-electron chi connectivity index (χ4n) is 2.79. The van der Waals surface area contributed by atoms with Crippen LogP contribution in [0.3, 0.4) is 0 Å². The molecule has 1 saturated heterocycles. The van der Waals surface area contributed by atoms with Gasteiger partial charge in [0.05, 0.1) is 12.6 Å². The molecule has 2 unspecified atom stereocenters. The molecular formula is C18H20N2O2. The van der Waals surface area contributed by atoms with Crippen LogP contribution in [0.5, 0.6) is 5.75 Å². The van der Waals surface area contributed by atoms with Gasteiger partial charge in [-0.3, -0.25) is 4.79 Å². The number of nitrogens with zero attached hydrogens (tertiary/aromatic N) is 1. The molecule has 2 aromatic rings. The second-order valence-electron chi connectivity index (χ2n) is 5.52. The van der Waals surface area contributed by atoms with E-state index in [2.05, 4.69) is 0 Å². The first-order chi connectivity index (χ1) is 10.6. The van der Waals surface area contributed by atoms with Gasteiger partial charge >= 0.3 is 0 Å². The maximum atomic E-state index is 12.2. The molecule has 1 amide bonds. The highest BCUT2D eigenvalue weighted by atomic mass is 16.5. The van der Waals surface area contributed by atoms with Crippen molar-refractivity contribution in [3.63, 3.8) is 0 Å². The normalized spacial score (nSPS) is 20.7. The number of β-lactam (4-membered cyclic amide) rings is 1. The van der Waals surface area contributed by atoms with Gasteiger partial charge in [0.25, 0.3) is 0 Å². The number of anilines is 1. The fraction of sp³-hybridized carbons (Fsp3) is 0.278. The molecule has 114 valence electrons. The minimum atomic E-state index is -0.478. The van der Waals surface area contributed by atoms with Crippen molar-refractivity contribution in [3.05, 3.63) is 59.7 Å². The number of carbonyl (C=O) groups excluding carboxylic acids is 1. The average Bonchev–Trinajstić information content (AvgIpc) is 2.54. The van der Waals surface area contributed by atoms with Crippen molar-refractivity contribution in [3.8, 4) is 5.75 Å². The zero-order valence-electron chi connectivity index (χ0n) is 12.8. The SMILES string of the molecule is CCOc1ccc(N2C(=O)C(N)C2c2ccc(C)cc2)cc1. The van der Waals surface area contributed by atoms with E-state index in [1.54, 1.807) is 4.90 Å². The van der Waals surface area contributed by atoms with Crippen molar-refractivity contribution >= 4 is 11.6 Å². The van der Waals surface area contributed by atoms with Gasteiger partial charge in [-0.05, 0) is 43.7 Å². The van der Waals surface area contributed by atoms with Crippen molar-refractivity contribution in [2.24, 2.45) is 5.73 Å². The van der Waals surface area contributed by atoms with Crippen LogP contribution in [0.2, 0.25) is 0 Å². The summed E-state index contributed by atoms with van der Waals surface area (Å²) in [4.78, 5) is 13.9. The maximum Gasteiger partial charge on any atom is 0.247 e.